The highest BCUT2D eigenvalue weighted by atomic mass is 16.5. The number of likely N-dealkylation sites (N-methyl/N-ethyl adjacent to an activating group) is 2. The highest BCUT2D eigenvalue weighted by molar-refractivity contribution is 6.01. The minimum absolute atomic E-state index is 0.199. The van der Waals surface area contributed by atoms with Gasteiger partial charge in [0.1, 0.15) is 12.4 Å². The van der Waals surface area contributed by atoms with Gasteiger partial charge in [0, 0.05) is 69.0 Å². The molecule has 0 bridgehead atoms. The number of carbonyl (C=O) groups excluding carboxylic acids is 1. The van der Waals surface area contributed by atoms with Gasteiger partial charge in [-0.2, -0.15) is 0 Å². The lowest BCUT2D eigenvalue weighted by Crippen LogP contribution is -2.28. The standard InChI is InChI=1S/C28H32N6O3/c1-6-26(35)32-22-14-20(25(36-5)16-24(22)33(3)13-12-29-2)18-37-27-15-19(9-11-30-27)21-17-34(4)23-8-7-10-31-28(21)23/h6-11,14-17,29H,1,12-13,18H2,2-5H3,(H,32,35). The number of hydrogen-bond acceptors (Lipinski definition) is 7. The molecule has 0 aliphatic rings. The number of ether oxygens (including phenoxy) is 2. The number of rotatable bonds is 11. The zero-order valence-electron chi connectivity index (χ0n) is 21.6. The van der Waals surface area contributed by atoms with Gasteiger partial charge in [-0.25, -0.2) is 4.98 Å². The van der Waals surface area contributed by atoms with Gasteiger partial charge in [0.05, 0.1) is 29.5 Å². The summed E-state index contributed by atoms with van der Waals surface area (Å²) in [6.45, 7) is 5.29. The van der Waals surface area contributed by atoms with E-state index >= 15 is 0 Å². The molecule has 0 saturated carbocycles. The molecule has 0 fully saturated rings. The van der Waals surface area contributed by atoms with E-state index in [1.54, 1.807) is 19.5 Å². The number of pyridine rings is 2. The van der Waals surface area contributed by atoms with E-state index in [1.807, 2.05) is 62.4 Å². The predicted octanol–water partition coefficient (Wildman–Crippen LogP) is 4.00. The van der Waals surface area contributed by atoms with Crippen molar-refractivity contribution in [3.8, 4) is 22.8 Å². The number of carbonyl (C=O) groups is 1. The summed E-state index contributed by atoms with van der Waals surface area (Å²) >= 11 is 0. The third-order valence-electron chi connectivity index (χ3n) is 6.12. The van der Waals surface area contributed by atoms with Crippen LogP contribution in [-0.2, 0) is 18.4 Å². The summed E-state index contributed by atoms with van der Waals surface area (Å²) in [6.07, 6.45) is 6.81. The number of methoxy groups -OCH3 is 1. The maximum absolute atomic E-state index is 12.1. The summed E-state index contributed by atoms with van der Waals surface area (Å²) in [6, 6.07) is 11.6. The number of benzene rings is 1. The normalized spacial score (nSPS) is 10.8. The highest BCUT2D eigenvalue weighted by Crippen LogP contribution is 2.35. The van der Waals surface area contributed by atoms with E-state index in [0.717, 1.165) is 46.5 Å². The lowest BCUT2D eigenvalue weighted by Gasteiger charge is -2.24. The monoisotopic (exact) mass is 500 g/mol. The molecule has 192 valence electrons. The van der Waals surface area contributed by atoms with Gasteiger partial charge in [0.25, 0.3) is 0 Å². The Kier molecular flexibility index (Phi) is 8.05. The van der Waals surface area contributed by atoms with Gasteiger partial charge < -0.3 is 29.6 Å². The first-order valence-electron chi connectivity index (χ1n) is 11.9. The van der Waals surface area contributed by atoms with Crippen LogP contribution in [0.15, 0.2) is 67.6 Å². The van der Waals surface area contributed by atoms with Crippen LogP contribution in [0.3, 0.4) is 0 Å². The Morgan fingerprint density at radius 1 is 1.22 bits per heavy atom. The van der Waals surface area contributed by atoms with E-state index in [-0.39, 0.29) is 12.5 Å². The first-order valence-corrected chi connectivity index (χ1v) is 11.9. The topological polar surface area (TPSA) is 93.5 Å². The van der Waals surface area contributed by atoms with Crippen LogP contribution in [-0.4, -0.2) is 54.7 Å². The molecule has 2 N–H and O–H groups in total. The van der Waals surface area contributed by atoms with Crippen molar-refractivity contribution in [3.05, 3.63) is 73.2 Å². The van der Waals surface area contributed by atoms with Crippen molar-refractivity contribution < 1.29 is 14.3 Å². The second kappa shape index (κ2) is 11.6. The molecule has 3 aromatic heterocycles. The molecule has 4 aromatic rings. The number of anilines is 2. The first-order chi connectivity index (χ1) is 17.9. The van der Waals surface area contributed by atoms with Crippen LogP contribution in [0.2, 0.25) is 0 Å². The van der Waals surface area contributed by atoms with Gasteiger partial charge in [-0.1, -0.05) is 6.58 Å². The average Bonchev–Trinajstić information content (AvgIpc) is 3.27. The number of fused-ring (bicyclic) bond motifs is 1. The summed E-state index contributed by atoms with van der Waals surface area (Å²) in [4.78, 5) is 23.1. The largest absolute Gasteiger partial charge is 0.496 e. The molecule has 1 amide bonds. The summed E-state index contributed by atoms with van der Waals surface area (Å²) in [5.41, 5.74) is 6.18. The molecular weight excluding hydrogens is 468 g/mol. The first kappa shape index (κ1) is 25.7. The molecule has 0 aliphatic carbocycles. The fourth-order valence-electron chi connectivity index (χ4n) is 4.15. The maximum atomic E-state index is 12.1. The fourth-order valence-corrected chi connectivity index (χ4v) is 4.15. The molecule has 0 aliphatic heterocycles. The van der Waals surface area contributed by atoms with Gasteiger partial charge in [-0.05, 0) is 43.0 Å². The summed E-state index contributed by atoms with van der Waals surface area (Å²) in [5.74, 6) is 0.829. The highest BCUT2D eigenvalue weighted by Gasteiger charge is 2.16. The van der Waals surface area contributed by atoms with E-state index in [1.165, 1.54) is 6.08 Å². The van der Waals surface area contributed by atoms with E-state index in [9.17, 15) is 4.79 Å². The molecular formula is C28H32N6O3. The van der Waals surface area contributed by atoms with E-state index < -0.39 is 0 Å². The van der Waals surface area contributed by atoms with Crippen LogP contribution in [0.1, 0.15) is 5.56 Å². The Balaban J connectivity index is 1.62. The van der Waals surface area contributed by atoms with Gasteiger partial charge >= 0.3 is 0 Å². The zero-order valence-corrected chi connectivity index (χ0v) is 21.6. The van der Waals surface area contributed by atoms with Gasteiger partial charge in [0.2, 0.25) is 11.8 Å². The summed E-state index contributed by atoms with van der Waals surface area (Å²) < 4.78 is 13.8. The smallest absolute Gasteiger partial charge is 0.247 e. The van der Waals surface area contributed by atoms with Crippen molar-refractivity contribution >= 4 is 28.3 Å². The molecule has 3 heterocycles. The third kappa shape index (κ3) is 5.73. The molecule has 4 rings (SSSR count). The fraction of sp³-hybridized carbons (Fsp3) is 0.250. The van der Waals surface area contributed by atoms with Crippen molar-refractivity contribution in [2.75, 3.05) is 44.5 Å². The molecule has 1 aromatic carbocycles. The minimum atomic E-state index is -0.293. The Morgan fingerprint density at radius 3 is 2.81 bits per heavy atom. The molecule has 0 radical (unpaired) electrons. The molecule has 9 nitrogen and oxygen atoms in total. The summed E-state index contributed by atoms with van der Waals surface area (Å²) in [5, 5.41) is 6.04. The molecule has 0 unspecified atom stereocenters. The second-order valence-electron chi connectivity index (χ2n) is 8.60. The number of nitrogens with zero attached hydrogens (tertiary/aromatic N) is 4. The second-order valence-corrected chi connectivity index (χ2v) is 8.60. The average molecular weight is 501 g/mol. The van der Waals surface area contributed by atoms with Gasteiger partial charge in [-0.3, -0.25) is 9.78 Å². The molecule has 0 atom stereocenters. The van der Waals surface area contributed by atoms with Gasteiger partial charge in [0.15, 0.2) is 0 Å². The Labute approximate surface area is 216 Å². The van der Waals surface area contributed by atoms with Crippen LogP contribution >= 0.6 is 0 Å². The van der Waals surface area contributed by atoms with E-state index in [0.29, 0.717) is 17.3 Å². The van der Waals surface area contributed by atoms with Crippen LogP contribution in [0, 0.1) is 0 Å². The van der Waals surface area contributed by atoms with E-state index in [2.05, 4.69) is 37.9 Å². The van der Waals surface area contributed by atoms with Crippen molar-refractivity contribution in [3.63, 3.8) is 0 Å². The molecule has 37 heavy (non-hydrogen) atoms. The van der Waals surface area contributed by atoms with Crippen molar-refractivity contribution in [2.24, 2.45) is 7.05 Å². The quantitative estimate of drug-likeness (QED) is 0.301. The SMILES string of the molecule is C=CC(=O)Nc1cc(COc2cc(-c3cn(C)c4cccnc34)ccn2)c(OC)cc1N(C)CCNC. The third-order valence-corrected chi connectivity index (χ3v) is 6.12. The molecule has 0 saturated heterocycles. The lowest BCUT2D eigenvalue weighted by molar-refractivity contribution is -0.111. The van der Waals surface area contributed by atoms with Crippen molar-refractivity contribution in [1.82, 2.24) is 19.9 Å². The van der Waals surface area contributed by atoms with Crippen LogP contribution in [0.4, 0.5) is 11.4 Å². The number of amides is 1. The van der Waals surface area contributed by atoms with Crippen LogP contribution in [0.25, 0.3) is 22.2 Å². The van der Waals surface area contributed by atoms with E-state index in [4.69, 9.17) is 9.47 Å². The van der Waals surface area contributed by atoms with Crippen LogP contribution in [0.5, 0.6) is 11.6 Å². The number of aryl methyl sites for hydroxylation is 1. The number of nitrogens with one attached hydrogen (secondary N) is 2. The Hall–Kier alpha value is -4.37. The Bertz CT molecular complexity index is 1410. The predicted molar refractivity (Wildman–Crippen MR) is 147 cm³/mol. The molecule has 9 heteroatoms. The van der Waals surface area contributed by atoms with Crippen LogP contribution < -0.4 is 25.0 Å². The maximum Gasteiger partial charge on any atom is 0.247 e. The molecule has 0 spiro atoms. The van der Waals surface area contributed by atoms with Gasteiger partial charge in [-0.15, -0.1) is 0 Å². The van der Waals surface area contributed by atoms with Crippen molar-refractivity contribution in [2.45, 2.75) is 6.61 Å². The van der Waals surface area contributed by atoms with Crippen molar-refractivity contribution in [1.29, 1.82) is 0 Å². The Morgan fingerprint density at radius 2 is 2.05 bits per heavy atom. The number of hydrogen-bond donors (Lipinski definition) is 2. The number of aromatic nitrogens is 3. The lowest BCUT2D eigenvalue weighted by atomic mass is 10.1. The summed E-state index contributed by atoms with van der Waals surface area (Å²) in [7, 11) is 7.48. The minimum Gasteiger partial charge on any atom is -0.496 e. The zero-order chi connectivity index (χ0) is 26.4.